The molecule has 0 spiro atoms. The van der Waals surface area contributed by atoms with Crippen LogP contribution in [0.3, 0.4) is 0 Å². The first-order chi connectivity index (χ1) is 8.72. The number of hydrogen-bond acceptors (Lipinski definition) is 4. The predicted molar refractivity (Wildman–Crippen MR) is 74.2 cm³/mol. The summed E-state index contributed by atoms with van der Waals surface area (Å²) in [7, 11) is 1.74. The van der Waals surface area contributed by atoms with Crippen LogP contribution in [-0.2, 0) is 17.8 Å². The normalized spacial score (nSPS) is 12.9. The molecule has 0 fully saturated rings. The molecule has 4 heteroatoms. The average Bonchev–Trinajstić information content (AvgIpc) is 2.42. The summed E-state index contributed by atoms with van der Waals surface area (Å²) in [6, 6.07) is 4.61. The highest BCUT2D eigenvalue weighted by Gasteiger charge is 2.14. The quantitative estimate of drug-likeness (QED) is 0.765. The molecule has 1 aromatic rings. The van der Waals surface area contributed by atoms with E-state index in [0.29, 0.717) is 12.6 Å². The maximum Gasteiger partial charge on any atom is 0.0589 e. The van der Waals surface area contributed by atoms with Crippen LogP contribution in [0.25, 0.3) is 0 Å². The van der Waals surface area contributed by atoms with E-state index in [0.717, 1.165) is 31.8 Å². The fraction of sp³-hybridized carbons (Fsp3) is 0.643. The molecule has 0 aliphatic heterocycles. The molecule has 102 valence electrons. The first kappa shape index (κ1) is 15.1. The predicted octanol–water partition coefficient (Wildman–Crippen LogP) is 1.79. The highest BCUT2D eigenvalue weighted by Crippen LogP contribution is 2.12. The van der Waals surface area contributed by atoms with Crippen LogP contribution in [0.15, 0.2) is 18.3 Å². The van der Waals surface area contributed by atoms with Gasteiger partial charge in [0.1, 0.15) is 0 Å². The number of hydrogen-bond donors (Lipinski definition) is 1. The number of rotatable bonds is 8. The SMILES string of the molecule is CCC(C)N(CCOC)Cc1cccnc1CN. The van der Waals surface area contributed by atoms with E-state index < -0.39 is 0 Å². The Labute approximate surface area is 110 Å². The Kier molecular flexibility index (Phi) is 6.86. The van der Waals surface area contributed by atoms with Crippen molar-refractivity contribution < 1.29 is 4.74 Å². The van der Waals surface area contributed by atoms with E-state index >= 15 is 0 Å². The lowest BCUT2D eigenvalue weighted by molar-refractivity contribution is 0.117. The second kappa shape index (κ2) is 8.19. The van der Waals surface area contributed by atoms with Gasteiger partial charge in [0, 0.05) is 39.0 Å². The van der Waals surface area contributed by atoms with E-state index in [4.69, 9.17) is 10.5 Å². The molecule has 0 aliphatic carbocycles. The van der Waals surface area contributed by atoms with Crippen molar-refractivity contribution in [2.24, 2.45) is 5.73 Å². The van der Waals surface area contributed by atoms with Gasteiger partial charge in [0.25, 0.3) is 0 Å². The lowest BCUT2D eigenvalue weighted by Crippen LogP contribution is -2.35. The minimum Gasteiger partial charge on any atom is -0.383 e. The zero-order valence-corrected chi connectivity index (χ0v) is 11.7. The third kappa shape index (κ3) is 4.37. The summed E-state index contributed by atoms with van der Waals surface area (Å²) in [5.74, 6) is 0. The summed E-state index contributed by atoms with van der Waals surface area (Å²) in [6.07, 6.45) is 2.93. The van der Waals surface area contributed by atoms with Gasteiger partial charge in [-0.3, -0.25) is 9.88 Å². The second-order valence-electron chi connectivity index (χ2n) is 4.53. The fourth-order valence-corrected chi connectivity index (χ4v) is 1.94. The molecular formula is C14H25N3O. The summed E-state index contributed by atoms with van der Waals surface area (Å²) in [5.41, 5.74) is 7.94. The fourth-order valence-electron chi connectivity index (χ4n) is 1.94. The van der Waals surface area contributed by atoms with Gasteiger partial charge < -0.3 is 10.5 Å². The smallest absolute Gasteiger partial charge is 0.0589 e. The Morgan fingerprint density at radius 1 is 1.50 bits per heavy atom. The summed E-state index contributed by atoms with van der Waals surface area (Å²) >= 11 is 0. The van der Waals surface area contributed by atoms with Crippen molar-refractivity contribution in [2.75, 3.05) is 20.3 Å². The monoisotopic (exact) mass is 251 g/mol. The van der Waals surface area contributed by atoms with Gasteiger partial charge in [0.05, 0.1) is 12.3 Å². The molecule has 0 saturated carbocycles. The molecule has 0 radical (unpaired) electrons. The van der Waals surface area contributed by atoms with Gasteiger partial charge in [0.15, 0.2) is 0 Å². The average molecular weight is 251 g/mol. The van der Waals surface area contributed by atoms with Gasteiger partial charge >= 0.3 is 0 Å². The van der Waals surface area contributed by atoms with Gasteiger partial charge in [-0.2, -0.15) is 0 Å². The Morgan fingerprint density at radius 3 is 2.89 bits per heavy atom. The van der Waals surface area contributed by atoms with Crippen LogP contribution in [0, 0.1) is 0 Å². The second-order valence-corrected chi connectivity index (χ2v) is 4.53. The zero-order chi connectivity index (χ0) is 13.4. The molecule has 18 heavy (non-hydrogen) atoms. The third-order valence-electron chi connectivity index (χ3n) is 3.35. The van der Waals surface area contributed by atoms with Crippen molar-refractivity contribution in [3.63, 3.8) is 0 Å². The van der Waals surface area contributed by atoms with E-state index in [-0.39, 0.29) is 0 Å². The van der Waals surface area contributed by atoms with Crippen LogP contribution < -0.4 is 5.73 Å². The molecule has 1 atom stereocenters. The zero-order valence-electron chi connectivity index (χ0n) is 11.7. The standard InChI is InChI=1S/C14H25N3O/c1-4-12(2)17(8-9-18-3)11-13-6-5-7-16-14(13)10-15/h5-7,12H,4,8-11,15H2,1-3H3. The molecule has 1 rings (SSSR count). The summed E-state index contributed by atoms with van der Waals surface area (Å²) in [6.45, 7) is 7.52. The minimum atomic E-state index is 0.495. The summed E-state index contributed by atoms with van der Waals surface area (Å²) in [5, 5.41) is 0. The highest BCUT2D eigenvalue weighted by molar-refractivity contribution is 5.19. The van der Waals surface area contributed by atoms with E-state index in [9.17, 15) is 0 Å². The molecule has 4 nitrogen and oxygen atoms in total. The van der Waals surface area contributed by atoms with Gasteiger partial charge in [-0.05, 0) is 25.0 Å². The van der Waals surface area contributed by atoms with Crippen LogP contribution in [0.4, 0.5) is 0 Å². The van der Waals surface area contributed by atoms with Crippen molar-refractivity contribution in [1.82, 2.24) is 9.88 Å². The van der Waals surface area contributed by atoms with Crippen molar-refractivity contribution >= 4 is 0 Å². The molecular weight excluding hydrogens is 226 g/mol. The summed E-state index contributed by atoms with van der Waals surface area (Å²) < 4.78 is 5.18. The van der Waals surface area contributed by atoms with Crippen molar-refractivity contribution in [2.45, 2.75) is 39.4 Å². The maximum atomic E-state index is 5.73. The molecule has 0 aromatic carbocycles. The molecule has 0 bridgehead atoms. The van der Waals surface area contributed by atoms with Gasteiger partial charge in [-0.25, -0.2) is 0 Å². The van der Waals surface area contributed by atoms with Crippen LogP contribution in [0.1, 0.15) is 31.5 Å². The third-order valence-corrected chi connectivity index (χ3v) is 3.35. The first-order valence-electron chi connectivity index (χ1n) is 6.58. The Hall–Kier alpha value is -0.970. The number of aromatic nitrogens is 1. The van der Waals surface area contributed by atoms with Crippen molar-refractivity contribution in [1.29, 1.82) is 0 Å². The van der Waals surface area contributed by atoms with Crippen LogP contribution in [0.2, 0.25) is 0 Å². The highest BCUT2D eigenvalue weighted by atomic mass is 16.5. The molecule has 0 saturated heterocycles. The molecule has 1 unspecified atom stereocenters. The number of methoxy groups -OCH3 is 1. The number of pyridine rings is 1. The first-order valence-corrected chi connectivity index (χ1v) is 6.58. The van der Waals surface area contributed by atoms with Crippen LogP contribution in [0.5, 0.6) is 0 Å². The molecule has 2 N–H and O–H groups in total. The topological polar surface area (TPSA) is 51.4 Å². The van der Waals surface area contributed by atoms with Gasteiger partial charge in [-0.1, -0.05) is 13.0 Å². The van der Waals surface area contributed by atoms with Crippen LogP contribution in [-0.4, -0.2) is 36.2 Å². The van der Waals surface area contributed by atoms with Crippen LogP contribution >= 0.6 is 0 Å². The lowest BCUT2D eigenvalue weighted by Gasteiger charge is -2.28. The number of nitrogens with two attached hydrogens (primary N) is 1. The summed E-state index contributed by atoms with van der Waals surface area (Å²) in [4.78, 5) is 6.75. The largest absolute Gasteiger partial charge is 0.383 e. The minimum absolute atomic E-state index is 0.495. The van der Waals surface area contributed by atoms with E-state index in [1.165, 1.54) is 5.56 Å². The number of nitrogens with zero attached hydrogens (tertiary/aromatic N) is 2. The van der Waals surface area contributed by atoms with Crippen molar-refractivity contribution in [3.05, 3.63) is 29.6 Å². The van der Waals surface area contributed by atoms with E-state index in [1.807, 2.05) is 6.07 Å². The van der Waals surface area contributed by atoms with Gasteiger partial charge in [0.2, 0.25) is 0 Å². The number of ether oxygens (including phenoxy) is 1. The van der Waals surface area contributed by atoms with Gasteiger partial charge in [-0.15, -0.1) is 0 Å². The molecule has 0 aliphatic rings. The van der Waals surface area contributed by atoms with E-state index in [1.54, 1.807) is 13.3 Å². The Morgan fingerprint density at radius 2 is 2.28 bits per heavy atom. The Balaban J connectivity index is 2.74. The van der Waals surface area contributed by atoms with E-state index in [2.05, 4.69) is 29.8 Å². The molecule has 0 amide bonds. The van der Waals surface area contributed by atoms with Crippen molar-refractivity contribution in [3.8, 4) is 0 Å². The lowest BCUT2D eigenvalue weighted by atomic mass is 10.1. The maximum absolute atomic E-state index is 5.73. The molecule has 1 aromatic heterocycles. The molecule has 1 heterocycles. The Bertz CT molecular complexity index is 344.